The first-order chi connectivity index (χ1) is 8.50. The highest BCUT2D eigenvalue weighted by atomic mass is 15.2. The summed E-state index contributed by atoms with van der Waals surface area (Å²) in [7, 11) is 1.80. The summed E-state index contributed by atoms with van der Waals surface area (Å²) in [6.07, 6.45) is 1.73. The Kier molecular flexibility index (Phi) is 3.23. The lowest BCUT2D eigenvalue weighted by Gasteiger charge is -2.17. The van der Waals surface area contributed by atoms with Crippen molar-refractivity contribution in [2.24, 2.45) is 0 Å². The maximum atomic E-state index is 4.50. The molecule has 0 saturated heterocycles. The second kappa shape index (κ2) is 4.68. The van der Waals surface area contributed by atoms with Gasteiger partial charge in [0.25, 0.3) is 0 Å². The van der Waals surface area contributed by atoms with Gasteiger partial charge in [0.2, 0.25) is 5.95 Å². The lowest BCUT2D eigenvalue weighted by Crippen LogP contribution is -2.18. The number of rotatable bonds is 2. The van der Waals surface area contributed by atoms with Gasteiger partial charge in [-0.25, -0.2) is 4.98 Å². The first kappa shape index (κ1) is 12.4. The number of hydrogen-bond acceptors (Lipinski definition) is 5. The number of nitrogens with zero attached hydrogens (tertiary/aromatic N) is 4. The van der Waals surface area contributed by atoms with E-state index in [1.165, 1.54) is 0 Å². The molecule has 0 bridgehead atoms. The van der Waals surface area contributed by atoms with Crippen LogP contribution in [0.4, 0.5) is 5.95 Å². The maximum absolute atomic E-state index is 4.50. The highest BCUT2D eigenvalue weighted by Gasteiger charge is 2.20. The molecule has 1 N–H and O–H groups in total. The summed E-state index contributed by atoms with van der Waals surface area (Å²) in [5.74, 6) is 1.91. The lowest BCUT2D eigenvalue weighted by molar-refractivity contribution is 0.543. The fourth-order valence-electron chi connectivity index (χ4n) is 1.43. The fraction of sp³-hybridized carbons (Fsp3) is 0.385. The Balaban J connectivity index is 2.55. The number of aromatic nitrogens is 4. The summed E-state index contributed by atoms with van der Waals surface area (Å²) in [6, 6.07) is 5.68. The summed E-state index contributed by atoms with van der Waals surface area (Å²) in [5, 5.41) is 2.96. The zero-order valence-electron chi connectivity index (χ0n) is 11.1. The molecule has 94 valence electrons. The molecule has 5 nitrogen and oxygen atoms in total. The van der Waals surface area contributed by atoms with Gasteiger partial charge in [-0.2, -0.15) is 9.97 Å². The predicted molar refractivity (Wildman–Crippen MR) is 71.3 cm³/mol. The third-order valence-electron chi connectivity index (χ3n) is 2.42. The quantitative estimate of drug-likeness (QED) is 0.876. The number of hydrogen-bond donors (Lipinski definition) is 1. The van der Waals surface area contributed by atoms with E-state index in [1.807, 2.05) is 18.2 Å². The van der Waals surface area contributed by atoms with Crippen LogP contribution in [-0.2, 0) is 5.41 Å². The first-order valence-electron chi connectivity index (χ1n) is 5.86. The van der Waals surface area contributed by atoms with Crippen LogP contribution >= 0.6 is 0 Å². The Hall–Kier alpha value is -2.04. The maximum Gasteiger partial charge on any atom is 0.226 e. The first-order valence-corrected chi connectivity index (χ1v) is 5.86. The molecule has 0 aromatic carbocycles. The van der Waals surface area contributed by atoms with Crippen LogP contribution in [0, 0.1) is 0 Å². The summed E-state index contributed by atoms with van der Waals surface area (Å²) in [6.45, 7) is 6.22. The molecule has 0 spiro atoms. The van der Waals surface area contributed by atoms with Gasteiger partial charge < -0.3 is 5.32 Å². The minimum atomic E-state index is -0.127. The molecule has 2 heterocycles. The molecule has 0 aliphatic rings. The van der Waals surface area contributed by atoms with Gasteiger partial charge in [0, 0.05) is 18.7 Å². The van der Waals surface area contributed by atoms with E-state index >= 15 is 0 Å². The summed E-state index contributed by atoms with van der Waals surface area (Å²) in [5.41, 5.74) is 0.625. The van der Waals surface area contributed by atoms with Crippen molar-refractivity contribution in [1.82, 2.24) is 19.9 Å². The molecular weight excluding hydrogens is 226 g/mol. The number of nitrogens with one attached hydrogen (secondary N) is 1. The molecule has 0 radical (unpaired) electrons. The highest BCUT2D eigenvalue weighted by Crippen LogP contribution is 2.21. The van der Waals surface area contributed by atoms with Crippen molar-refractivity contribution in [1.29, 1.82) is 0 Å². The molecule has 2 aromatic rings. The largest absolute Gasteiger partial charge is 0.357 e. The predicted octanol–water partition coefficient (Wildman–Crippen LogP) is 2.27. The van der Waals surface area contributed by atoms with Crippen molar-refractivity contribution < 1.29 is 0 Å². The zero-order chi connectivity index (χ0) is 13.2. The van der Waals surface area contributed by atoms with E-state index in [9.17, 15) is 0 Å². The Labute approximate surface area is 107 Å². The van der Waals surface area contributed by atoms with Crippen LogP contribution in [0.25, 0.3) is 11.5 Å². The molecule has 0 fully saturated rings. The van der Waals surface area contributed by atoms with E-state index in [-0.39, 0.29) is 5.41 Å². The molecule has 2 rings (SSSR count). The van der Waals surface area contributed by atoms with Gasteiger partial charge in [0.15, 0.2) is 5.82 Å². The van der Waals surface area contributed by atoms with Crippen molar-refractivity contribution in [3.05, 3.63) is 30.2 Å². The normalized spacial score (nSPS) is 11.3. The second-order valence-corrected chi connectivity index (χ2v) is 5.02. The van der Waals surface area contributed by atoms with E-state index in [2.05, 4.69) is 46.0 Å². The van der Waals surface area contributed by atoms with Gasteiger partial charge >= 0.3 is 0 Å². The molecule has 0 atom stereocenters. The third kappa shape index (κ3) is 2.61. The van der Waals surface area contributed by atoms with Gasteiger partial charge in [-0.1, -0.05) is 26.8 Å². The molecule has 18 heavy (non-hydrogen) atoms. The van der Waals surface area contributed by atoms with Crippen LogP contribution in [0.2, 0.25) is 0 Å². The Morgan fingerprint density at radius 3 is 2.39 bits per heavy atom. The van der Waals surface area contributed by atoms with Crippen LogP contribution in [0.1, 0.15) is 26.6 Å². The van der Waals surface area contributed by atoms with Gasteiger partial charge in [0.05, 0.1) is 0 Å². The third-order valence-corrected chi connectivity index (χ3v) is 2.42. The molecule has 5 heteroatoms. The van der Waals surface area contributed by atoms with Crippen LogP contribution in [-0.4, -0.2) is 27.0 Å². The van der Waals surface area contributed by atoms with Crippen molar-refractivity contribution in [3.8, 4) is 11.5 Å². The Morgan fingerprint density at radius 1 is 1.06 bits per heavy atom. The molecule has 2 aromatic heterocycles. The molecule has 0 aliphatic heterocycles. The Morgan fingerprint density at radius 2 is 1.83 bits per heavy atom. The summed E-state index contributed by atoms with van der Waals surface area (Å²) < 4.78 is 0. The van der Waals surface area contributed by atoms with E-state index in [0.717, 1.165) is 11.5 Å². The Bertz CT molecular complexity index is 531. The second-order valence-electron chi connectivity index (χ2n) is 5.02. The minimum Gasteiger partial charge on any atom is -0.357 e. The smallest absolute Gasteiger partial charge is 0.226 e. The van der Waals surface area contributed by atoms with Crippen molar-refractivity contribution >= 4 is 5.95 Å². The molecular formula is C13H17N5. The fourth-order valence-corrected chi connectivity index (χ4v) is 1.43. The van der Waals surface area contributed by atoms with Gasteiger partial charge in [-0.15, -0.1) is 0 Å². The number of anilines is 1. The average Bonchev–Trinajstić information content (AvgIpc) is 2.38. The van der Waals surface area contributed by atoms with E-state index in [0.29, 0.717) is 11.8 Å². The van der Waals surface area contributed by atoms with Gasteiger partial charge in [-0.05, 0) is 12.1 Å². The van der Waals surface area contributed by atoms with Crippen LogP contribution < -0.4 is 5.32 Å². The van der Waals surface area contributed by atoms with E-state index < -0.39 is 0 Å². The van der Waals surface area contributed by atoms with Crippen LogP contribution in [0.5, 0.6) is 0 Å². The van der Waals surface area contributed by atoms with Crippen molar-refractivity contribution in [2.45, 2.75) is 26.2 Å². The van der Waals surface area contributed by atoms with Crippen molar-refractivity contribution in [2.75, 3.05) is 12.4 Å². The monoisotopic (exact) mass is 243 g/mol. The van der Waals surface area contributed by atoms with E-state index in [4.69, 9.17) is 0 Å². The van der Waals surface area contributed by atoms with E-state index in [1.54, 1.807) is 13.2 Å². The highest BCUT2D eigenvalue weighted by molar-refractivity contribution is 5.50. The van der Waals surface area contributed by atoms with Gasteiger partial charge in [-0.3, -0.25) is 4.98 Å². The molecule has 0 saturated carbocycles. The number of pyridine rings is 1. The van der Waals surface area contributed by atoms with Crippen LogP contribution in [0.3, 0.4) is 0 Å². The summed E-state index contributed by atoms with van der Waals surface area (Å²) >= 11 is 0. The SMILES string of the molecule is CNc1nc(-c2ccccn2)nc(C(C)(C)C)n1. The topological polar surface area (TPSA) is 63.6 Å². The summed E-state index contributed by atoms with van der Waals surface area (Å²) in [4.78, 5) is 17.5. The molecule has 0 aliphatic carbocycles. The standard InChI is InChI=1S/C13H17N5/c1-13(2,3)11-16-10(17-12(14-4)18-11)9-7-5-6-8-15-9/h5-8H,1-4H3,(H,14,16,17,18). The lowest BCUT2D eigenvalue weighted by atomic mass is 9.96. The molecule has 0 amide bonds. The minimum absolute atomic E-state index is 0.127. The van der Waals surface area contributed by atoms with Crippen molar-refractivity contribution in [3.63, 3.8) is 0 Å². The molecule has 0 unspecified atom stereocenters. The van der Waals surface area contributed by atoms with Crippen LogP contribution in [0.15, 0.2) is 24.4 Å². The zero-order valence-corrected chi connectivity index (χ0v) is 11.1. The average molecular weight is 243 g/mol. The van der Waals surface area contributed by atoms with Gasteiger partial charge in [0.1, 0.15) is 11.5 Å².